The van der Waals surface area contributed by atoms with Crippen molar-refractivity contribution in [1.29, 1.82) is 0 Å². The summed E-state index contributed by atoms with van der Waals surface area (Å²) in [5, 5.41) is 11.0. The minimum absolute atomic E-state index is 0.369. The normalized spacial score (nSPS) is 18.6. The molecule has 0 unspecified atom stereocenters. The smallest absolute Gasteiger partial charge is 0.337 e. The fourth-order valence-electron chi connectivity index (χ4n) is 2.15. The van der Waals surface area contributed by atoms with E-state index in [1.54, 1.807) is 10.9 Å². The molecule has 1 heterocycles. The van der Waals surface area contributed by atoms with Crippen molar-refractivity contribution >= 4 is 22.9 Å². The summed E-state index contributed by atoms with van der Waals surface area (Å²) in [4.78, 5) is 15.2. The zero-order valence-electron chi connectivity index (χ0n) is 9.06. The number of rotatable bonds is 3. The molecule has 3 nitrogen and oxygen atoms in total. The maximum absolute atomic E-state index is 11.2. The number of nitrogens with zero attached hydrogens (tertiary/aromatic N) is 1. The Hall–Kier alpha value is -1.16. The molecule has 4 heteroatoms. The molecule has 0 atom stereocenters. The number of hydrogen-bond acceptors (Lipinski definition) is 3. The summed E-state index contributed by atoms with van der Waals surface area (Å²) < 4.78 is 0. The van der Waals surface area contributed by atoms with Crippen LogP contribution in [0.15, 0.2) is 17.0 Å². The number of carbonyl (C=O) groups is 1. The van der Waals surface area contributed by atoms with Crippen LogP contribution in [-0.4, -0.2) is 16.1 Å². The van der Waals surface area contributed by atoms with Crippen LogP contribution in [0, 0.1) is 5.92 Å². The second-order valence-corrected chi connectivity index (χ2v) is 4.88. The molecule has 1 fully saturated rings. The Kier molecular flexibility index (Phi) is 3.72. The minimum atomic E-state index is -0.864. The van der Waals surface area contributed by atoms with E-state index < -0.39 is 5.97 Å². The molecule has 0 spiro atoms. The highest BCUT2D eigenvalue weighted by Crippen LogP contribution is 2.28. The van der Waals surface area contributed by atoms with E-state index in [-0.39, 0.29) is 0 Å². The van der Waals surface area contributed by atoms with Crippen LogP contribution in [-0.2, 0) is 4.79 Å². The molecular weight excluding hydrogens is 222 g/mol. The van der Waals surface area contributed by atoms with Crippen LogP contribution in [0.1, 0.15) is 37.8 Å². The Morgan fingerprint density at radius 3 is 2.75 bits per heavy atom. The molecule has 2 rings (SSSR count). The number of carboxylic acids is 1. The number of hydrogen-bond donors (Lipinski definition) is 1. The van der Waals surface area contributed by atoms with Crippen LogP contribution in [0.3, 0.4) is 0 Å². The van der Waals surface area contributed by atoms with E-state index >= 15 is 0 Å². The van der Waals surface area contributed by atoms with Crippen LogP contribution in [0.5, 0.6) is 0 Å². The second-order valence-electron chi connectivity index (χ2n) is 4.16. The summed E-state index contributed by atoms with van der Waals surface area (Å²) in [6.07, 6.45) is 7.83. The maximum atomic E-state index is 11.2. The first kappa shape index (κ1) is 11.3. The summed E-state index contributed by atoms with van der Waals surface area (Å²) in [6, 6.07) is 0. The number of thiazole rings is 1. The Morgan fingerprint density at radius 1 is 1.44 bits per heavy atom. The molecule has 1 N–H and O–H groups in total. The standard InChI is InChI=1S/C12H15NO2S/c14-12(15)10(11-7-16-8-13-11)6-9-4-2-1-3-5-9/h6-9H,1-5H2,(H,14,15). The molecule has 16 heavy (non-hydrogen) atoms. The van der Waals surface area contributed by atoms with Gasteiger partial charge in [-0.05, 0) is 18.8 Å². The van der Waals surface area contributed by atoms with Crippen molar-refractivity contribution in [3.05, 3.63) is 22.7 Å². The van der Waals surface area contributed by atoms with Gasteiger partial charge in [0.15, 0.2) is 0 Å². The summed E-state index contributed by atoms with van der Waals surface area (Å²) in [7, 11) is 0. The van der Waals surface area contributed by atoms with Gasteiger partial charge in [-0.2, -0.15) is 0 Å². The van der Waals surface area contributed by atoms with Gasteiger partial charge in [0, 0.05) is 5.38 Å². The van der Waals surface area contributed by atoms with Gasteiger partial charge in [-0.1, -0.05) is 25.3 Å². The van der Waals surface area contributed by atoms with E-state index in [1.807, 2.05) is 6.08 Å². The van der Waals surface area contributed by atoms with Crippen molar-refractivity contribution in [3.8, 4) is 0 Å². The van der Waals surface area contributed by atoms with Crippen molar-refractivity contribution in [2.75, 3.05) is 0 Å². The second kappa shape index (κ2) is 5.25. The van der Waals surface area contributed by atoms with Crippen molar-refractivity contribution in [1.82, 2.24) is 4.98 Å². The van der Waals surface area contributed by atoms with Gasteiger partial charge in [0.1, 0.15) is 0 Å². The number of carboxylic acid groups (broad SMARTS) is 1. The van der Waals surface area contributed by atoms with E-state index in [1.165, 1.54) is 30.6 Å². The van der Waals surface area contributed by atoms with Crippen LogP contribution < -0.4 is 0 Å². The lowest BCUT2D eigenvalue weighted by atomic mass is 9.87. The maximum Gasteiger partial charge on any atom is 0.337 e. The molecule has 0 aromatic carbocycles. The molecule has 0 aliphatic heterocycles. The summed E-state index contributed by atoms with van der Waals surface area (Å²) in [6.45, 7) is 0. The third-order valence-corrected chi connectivity index (χ3v) is 3.58. The predicted molar refractivity (Wildman–Crippen MR) is 64.3 cm³/mol. The Bertz CT molecular complexity index is 378. The average molecular weight is 237 g/mol. The lowest BCUT2D eigenvalue weighted by Crippen LogP contribution is -2.07. The van der Waals surface area contributed by atoms with Gasteiger partial charge in [-0.15, -0.1) is 11.3 Å². The first-order valence-corrected chi connectivity index (χ1v) is 6.55. The Labute approximate surface area is 98.8 Å². The SMILES string of the molecule is O=C(O)C(=CC1CCCCC1)c1cscn1. The first-order valence-electron chi connectivity index (χ1n) is 5.61. The largest absolute Gasteiger partial charge is 0.478 e. The highest BCUT2D eigenvalue weighted by Gasteiger charge is 2.17. The third-order valence-electron chi connectivity index (χ3n) is 2.99. The Balaban J connectivity index is 2.18. The highest BCUT2D eigenvalue weighted by molar-refractivity contribution is 7.07. The van der Waals surface area contributed by atoms with Gasteiger partial charge in [-0.3, -0.25) is 0 Å². The number of aromatic nitrogens is 1. The van der Waals surface area contributed by atoms with Crippen LogP contribution in [0.2, 0.25) is 0 Å². The van der Waals surface area contributed by atoms with Gasteiger partial charge in [-0.25, -0.2) is 9.78 Å². The molecule has 0 bridgehead atoms. The van der Waals surface area contributed by atoms with Crippen molar-refractivity contribution in [2.45, 2.75) is 32.1 Å². The highest BCUT2D eigenvalue weighted by atomic mass is 32.1. The van der Waals surface area contributed by atoms with E-state index in [0.717, 1.165) is 12.8 Å². The Morgan fingerprint density at radius 2 is 2.19 bits per heavy atom. The molecule has 1 aliphatic carbocycles. The lowest BCUT2D eigenvalue weighted by molar-refractivity contribution is -0.130. The molecule has 1 saturated carbocycles. The van der Waals surface area contributed by atoms with Gasteiger partial charge in [0.2, 0.25) is 0 Å². The molecule has 0 saturated heterocycles. The van der Waals surface area contributed by atoms with E-state index in [0.29, 0.717) is 17.2 Å². The van der Waals surface area contributed by atoms with Gasteiger partial charge in [0.05, 0.1) is 16.8 Å². The van der Waals surface area contributed by atoms with Crippen molar-refractivity contribution in [2.24, 2.45) is 5.92 Å². The fraction of sp³-hybridized carbons (Fsp3) is 0.500. The zero-order chi connectivity index (χ0) is 11.4. The summed E-state index contributed by atoms with van der Waals surface area (Å²) in [5.74, 6) is -0.446. The number of allylic oxidation sites excluding steroid dienone is 1. The topological polar surface area (TPSA) is 50.2 Å². The van der Waals surface area contributed by atoms with E-state index in [4.69, 9.17) is 0 Å². The van der Waals surface area contributed by atoms with Gasteiger partial charge >= 0.3 is 5.97 Å². The van der Waals surface area contributed by atoms with E-state index in [2.05, 4.69) is 4.98 Å². The predicted octanol–water partition coefficient (Wildman–Crippen LogP) is 3.19. The molecule has 0 amide bonds. The lowest BCUT2D eigenvalue weighted by Gasteiger charge is -2.18. The molecule has 1 aromatic heterocycles. The quantitative estimate of drug-likeness (QED) is 0.821. The third kappa shape index (κ3) is 2.70. The number of aliphatic carboxylic acids is 1. The molecule has 86 valence electrons. The molecule has 1 aromatic rings. The molecule has 1 aliphatic rings. The van der Waals surface area contributed by atoms with Crippen LogP contribution >= 0.6 is 11.3 Å². The van der Waals surface area contributed by atoms with E-state index in [9.17, 15) is 9.90 Å². The monoisotopic (exact) mass is 237 g/mol. The van der Waals surface area contributed by atoms with Crippen LogP contribution in [0.4, 0.5) is 0 Å². The van der Waals surface area contributed by atoms with Crippen molar-refractivity contribution < 1.29 is 9.90 Å². The van der Waals surface area contributed by atoms with Crippen LogP contribution in [0.25, 0.3) is 5.57 Å². The fourth-order valence-corrected chi connectivity index (χ4v) is 2.70. The first-order chi connectivity index (χ1) is 7.77. The molecular formula is C12H15NO2S. The average Bonchev–Trinajstić information content (AvgIpc) is 2.80. The zero-order valence-corrected chi connectivity index (χ0v) is 9.87. The molecule has 0 radical (unpaired) electrons. The minimum Gasteiger partial charge on any atom is -0.478 e. The van der Waals surface area contributed by atoms with Gasteiger partial charge in [0.25, 0.3) is 0 Å². The summed E-state index contributed by atoms with van der Waals surface area (Å²) in [5.41, 5.74) is 2.64. The summed E-state index contributed by atoms with van der Waals surface area (Å²) >= 11 is 1.43. The van der Waals surface area contributed by atoms with Crippen molar-refractivity contribution in [3.63, 3.8) is 0 Å². The van der Waals surface area contributed by atoms with Gasteiger partial charge < -0.3 is 5.11 Å².